The monoisotopic (exact) mass is 276 g/mol. The van der Waals surface area contributed by atoms with Gasteiger partial charge in [-0.2, -0.15) is 0 Å². The Bertz CT molecular complexity index is 170. The van der Waals surface area contributed by atoms with E-state index in [1.807, 2.05) is 0 Å². The molecule has 1 saturated carbocycles. The molecule has 15 heavy (non-hydrogen) atoms. The lowest BCUT2D eigenvalue weighted by Gasteiger charge is -2.33. The summed E-state index contributed by atoms with van der Waals surface area (Å²) >= 11 is 3.82. The van der Waals surface area contributed by atoms with Crippen molar-refractivity contribution in [2.45, 2.75) is 63.8 Å². The molecule has 0 heterocycles. The molecule has 1 aliphatic rings. The quantitative estimate of drug-likeness (QED) is 0.677. The van der Waals surface area contributed by atoms with E-state index in [1.54, 1.807) is 0 Å². The van der Waals surface area contributed by atoms with Crippen molar-refractivity contribution in [3.63, 3.8) is 0 Å². The minimum atomic E-state index is 0.379. The fourth-order valence-electron chi connectivity index (χ4n) is 2.45. The van der Waals surface area contributed by atoms with Crippen LogP contribution in [0.4, 0.5) is 0 Å². The molecule has 2 heteroatoms. The summed E-state index contributed by atoms with van der Waals surface area (Å²) in [5.41, 5.74) is 0. The van der Waals surface area contributed by atoms with E-state index >= 15 is 0 Å². The molecule has 3 unspecified atom stereocenters. The van der Waals surface area contributed by atoms with Crippen LogP contribution >= 0.6 is 15.9 Å². The lowest BCUT2D eigenvalue weighted by Crippen LogP contribution is -2.26. The van der Waals surface area contributed by atoms with E-state index in [0.717, 1.165) is 23.3 Å². The maximum atomic E-state index is 5.64. The van der Waals surface area contributed by atoms with Crippen LogP contribution in [0, 0.1) is 11.8 Å². The van der Waals surface area contributed by atoms with Gasteiger partial charge in [-0.15, -0.1) is 0 Å². The van der Waals surface area contributed by atoms with Crippen LogP contribution in [0.25, 0.3) is 0 Å². The van der Waals surface area contributed by atoms with Crippen LogP contribution < -0.4 is 0 Å². The summed E-state index contributed by atoms with van der Waals surface area (Å²) in [6, 6.07) is 0. The molecule has 0 aromatic rings. The van der Waals surface area contributed by atoms with Gasteiger partial charge in [-0.05, 0) is 51.4 Å². The number of rotatable bonds is 5. The Labute approximate surface area is 103 Å². The molecule has 0 spiro atoms. The van der Waals surface area contributed by atoms with Gasteiger partial charge in [0.1, 0.15) is 0 Å². The Morgan fingerprint density at radius 2 is 2.07 bits per heavy atom. The first kappa shape index (κ1) is 13.5. The average molecular weight is 277 g/mol. The predicted octanol–water partition coefficient (Wildman–Crippen LogP) is 4.39. The number of hydrogen-bond acceptors (Lipinski definition) is 1. The third kappa shape index (κ3) is 4.86. The number of hydrogen-bond donors (Lipinski definition) is 0. The van der Waals surface area contributed by atoms with Crippen LogP contribution in [0.3, 0.4) is 0 Å². The van der Waals surface area contributed by atoms with E-state index in [1.165, 1.54) is 32.1 Å². The molecule has 1 aliphatic carbocycles. The van der Waals surface area contributed by atoms with Crippen LogP contribution in [0.1, 0.15) is 52.9 Å². The Hall–Kier alpha value is 0.440. The zero-order valence-corrected chi connectivity index (χ0v) is 11.9. The molecule has 1 nitrogen and oxygen atoms in total. The lowest BCUT2D eigenvalue weighted by molar-refractivity contribution is 0.0627. The number of alkyl halides is 1. The molecule has 0 aromatic heterocycles. The molecule has 0 saturated heterocycles. The first-order chi connectivity index (χ1) is 7.13. The smallest absolute Gasteiger partial charge is 0.0518 e. The van der Waals surface area contributed by atoms with Crippen LogP contribution in [0.5, 0.6) is 0 Å². The molecule has 90 valence electrons. The van der Waals surface area contributed by atoms with Crippen LogP contribution in [0.15, 0.2) is 0 Å². The van der Waals surface area contributed by atoms with Gasteiger partial charge in [-0.3, -0.25) is 0 Å². The van der Waals surface area contributed by atoms with E-state index in [9.17, 15) is 0 Å². The van der Waals surface area contributed by atoms with Gasteiger partial charge < -0.3 is 4.74 Å². The zero-order chi connectivity index (χ0) is 11.3. The number of halogens is 1. The first-order valence-electron chi connectivity index (χ1n) is 6.39. The second-order valence-electron chi connectivity index (χ2n) is 5.07. The molecule has 0 N–H and O–H groups in total. The van der Waals surface area contributed by atoms with Gasteiger partial charge in [0, 0.05) is 11.4 Å². The summed E-state index contributed by atoms with van der Waals surface area (Å²) in [7, 11) is 0. The molecular weight excluding hydrogens is 252 g/mol. The summed E-state index contributed by atoms with van der Waals surface area (Å²) in [6.07, 6.45) is 7.11. The molecule has 3 atom stereocenters. The molecular formula is C13H25BrO. The predicted molar refractivity (Wildman–Crippen MR) is 69.5 cm³/mol. The number of ether oxygens (including phenoxy) is 1. The largest absolute Gasteiger partial charge is 0.379 e. The van der Waals surface area contributed by atoms with E-state index in [4.69, 9.17) is 4.74 Å². The lowest BCUT2D eigenvalue weighted by atomic mass is 9.79. The van der Waals surface area contributed by atoms with Gasteiger partial charge in [0.25, 0.3) is 0 Å². The van der Waals surface area contributed by atoms with Crippen LogP contribution in [-0.2, 0) is 4.74 Å². The van der Waals surface area contributed by atoms with Crippen molar-refractivity contribution in [3.8, 4) is 0 Å². The molecule has 0 radical (unpaired) electrons. The molecule has 1 rings (SSSR count). The summed E-state index contributed by atoms with van der Waals surface area (Å²) in [4.78, 5) is 0.732. The van der Waals surface area contributed by atoms with E-state index in [-0.39, 0.29) is 0 Å². The highest BCUT2D eigenvalue weighted by molar-refractivity contribution is 9.09. The van der Waals surface area contributed by atoms with E-state index in [0.29, 0.717) is 6.10 Å². The Morgan fingerprint density at radius 3 is 2.67 bits per heavy atom. The topological polar surface area (TPSA) is 9.23 Å². The second kappa shape index (κ2) is 6.90. The molecule has 0 bridgehead atoms. The molecule has 0 aromatic carbocycles. The van der Waals surface area contributed by atoms with Crippen molar-refractivity contribution in [3.05, 3.63) is 0 Å². The zero-order valence-electron chi connectivity index (χ0n) is 10.3. The Morgan fingerprint density at radius 1 is 1.33 bits per heavy atom. The highest BCUT2D eigenvalue weighted by atomic mass is 79.9. The van der Waals surface area contributed by atoms with Crippen molar-refractivity contribution in [2.24, 2.45) is 11.8 Å². The van der Waals surface area contributed by atoms with Crippen molar-refractivity contribution >= 4 is 15.9 Å². The standard InChI is InChI=1S/C13H25BrO/c1-4-11-5-6-13(14)12(9-11)7-8-15-10(2)3/h10-13H,4-9H2,1-3H3. The van der Waals surface area contributed by atoms with E-state index in [2.05, 4.69) is 36.7 Å². The molecule has 0 aliphatic heterocycles. The van der Waals surface area contributed by atoms with Crippen LogP contribution in [0.2, 0.25) is 0 Å². The van der Waals surface area contributed by atoms with Gasteiger partial charge >= 0.3 is 0 Å². The fraction of sp³-hybridized carbons (Fsp3) is 1.00. The SMILES string of the molecule is CCC1CCC(Br)C(CCOC(C)C)C1. The van der Waals surface area contributed by atoms with Gasteiger partial charge in [0.15, 0.2) is 0 Å². The van der Waals surface area contributed by atoms with Crippen molar-refractivity contribution in [1.29, 1.82) is 0 Å². The van der Waals surface area contributed by atoms with Crippen molar-refractivity contribution in [1.82, 2.24) is 0 Å². The normalized spacial score (nSPS) is 32.2. The van der Waals surface area contributed by atoms with Crippen molar-refractivity contribution < 1.29 is 4.74 Å². The Kier molecular flexibility index (Phi) is 6.21. The third-order valence-corrected chi connectivity index (χ3v) is 4.72. The summed E-state index contributed by atoms with van der Waals surface area (Å²) in [5, 5.41) is 0. The minimum Gasteiger partial charge on any atom is -0.379 e. The van der Waals surface area contributed by atoms with Gasteiger partial charge in [0.05, 0.1) is 6.10 Å². The maximum Gasteiger partial charge on any atom is 0.0518 e. The van der Waals surface area contributed by atoms with Gasteiger partial charge in [-0.25, -0.2) is 0 Å². The summed E-state index contributed by atoms with van der Waals surface area (Å²) < 4.78 is 5.64. The fourth-order valence-corrected chi connectivity index (χ4v) is 3.19. The highest BCUT2D eigenvalue weighted by Crippen LogP contribution is 2.37. The van der Waals surface area contributed by atoms with Gasteiger partial charge in [0.2, 0.25) is 0 Å². The first-order valence-corrected chi connectivity index (χ1v) is 7.30. The van der Waals surface area contributed by atoms with Crippen LogP contribution in [-0.4, -0.2) is 17.5 Å². The summed E-state index contributed by atoms with van der Waals surface area (Å²) in [6.45, 7) is 7.48. The Balaban J connectivity index is 2.25. The van der Waals surface area contributed by atoms with E-state index < -0.39 is 0 Å². The molecule has 1 fully saturated rings. The molecule has 0 amide bonds. The van der Waals surface area contributed by atoms with Gasteiger partial charge in [-0.1, -0.05) is 29.3 Å². The van der Waals surface area contributed by atoms with Crippen molar-refractivity contribution in [2.75, 3.05) is 6.61 Å². The average Bonchev–Trinajstić information content (AvgIpc) is 2.20. The second-order valence-corrected chi connectivity index (χ2v) is 6.25. The minimum absolute atomic E-state index is 0.379. The maximum absolute atomic E-state index is 5.64. The summed E-state index contributed by atoms with van der Waals surface area (Å²) in [5.74, 6) is 1.80. The third-order valence-electron chi connectivity index (χ3n) is 3.52. The highest BCUT2D eigenvalue weighted by Gasteiger charge is 2.27.